The molecule has 0 amide bonds. The molecule has 2 heterocycles. The highest BCUT2D eigenvalue weighted by Crippen LogP contribution is 2.12. The fraction of sp³-hybridized carbons (Fsp3) is 0. The standard InChI is InChI=1S/C9H4FN3O/c10-7-4-13-9(14)8-6(7)1-5(2-11)3-12-8/h1,3-4H,(H,13,14). The van der Waals surface area contributed by atoms with E-state index in [0.29, 0.717) is 0 Å². The van der Waals surface area contributed by atoms with Gasteiger partial charge in [0.1, 0.15) is 17.4 Å². The van der Waals surface area contributed by atoms with E-state index in [0.717, 1.165) is 6.20 Å². The van der Waals surface area contributed by atoms with Gasteiger partial charge in [0.25, 0.3) is 5.56 Å². The van der Waals surface area contributed by atoms with Crippen molar-refractivity contribution in [3.8, 4) is 6.07 Å². The van der Waals surface area contributed by atoms with Crippen LogP contribution in [0.2, 0.25) is 0 Å². The van der Waals surface area contributed by atoms with Crippen LogP contribution in [0.1, 0.15) is 5.56 Å². The van der Waals surface area contributed by atoms with Gasteiger partial charge in [0, 0.05) is 17.8 Å². The Morgan fingerprint density at radius 3 is 3.07 bits per heavy atom. The van der Waals surface area contributed by atoms with Gasteiger partial charge in [0.15, 0.2) is 0 Å². The third kappa shape index (κ3) is 1.13. The van der Waals surface area contributed by atoms with Crippen LogP contribution >= 0.6 is 0 Å². The van der Waals surface area contributed by atoms with Gasteiger partial charge in [-0.1, -0.05) is 0 Å². The number of halogens is 1. The van der Waals surface area contributed by atoms with Crippen LogP contribution in [0.15, 0.2) is 23.3 Å². The first-order chi connectivity index (χ1) is 6.72. The second kappa shape index (κ2) is 2.92. The van der Waals surface area contributed by atoms with Crippen LogP contribution in [0.25, 0.3) is 10.9 Å². The minimum absolute atomic E-state index is 0.00370. The van der Waals surface area contributed by atoms with Gasteiger partial charge in [-0.05, 0) is 6.07 Å². The van der Waals surface area contributed by atoms with E-state index in [4.69, 9.17) is 5.26 Å². The molecule has 0 aliphatic rings. The predicted octanol–water partition coefficient (Wildman–Crippen LogP) is 0.934. The maximum atomic E-state index is 13.2. The topological polar surface area (TPSA) is 69.5 Å². The van der Waals surface area contributed by atoms with E-state index in [-0.39, 0.29) is 16.5 Å². The first-order valence-electron chi connectivity index (χ1n) is 3.79. The monoisotopic (exact) mass is 189 g/mol. The molecule has 68 valence electrons. The summed E-state index contributed by atoms with van der Waals surface area (Å²) in [7, 11) is 0. The molecule has 0 bridgehead atoms. The highest BCUT2D eigenvalue weighted by molar-refractivity contribution is 5.78. The van der Waals surface area contributed by atoms with Crippen molar-refractivity contribution in [1.29, 1.82) is 5.26 Å². The Morgan fingerprint density at radius 2 is 2.36 bits per heavy atom. The molecule has 0 aromatic carbocycles. The summed E-state index contributed by atoms with van der Waals surface area (Å²) in [6, 6.07) is 3.12. The highest BCUT2D eigenvalue weighted by atomic mass is 19.1. The number of H-pyrrole nitrogens is 1. The summed E-state index contributed by atoms with van der Waals surface area (Å²) in [4.78, 5) is 17.1. The summed E-state index contributed by atoms with van der Waals surface area (Å²) in [6.45, 7) is 0. The molecule has 1 N–H and O–H groups in total. The van der Waals surface area contributed by atoms with Crippen LogP contribution in [0.5, 0.6) is 0 Å². The number of hydrogen-bond donors (Lipinski definition) is 1. The molecule has 0 radical (unpaired) electrons. The fourth-order valence-corrected chi connectivity index (χ4v) is 1.16. The number of pyridine rings is 2. The summed E-state index contributed by atoms with van der Waals surface area (Å²) in [5.41, 5.74) is -0.239. The lowest BCUT2D eigenvalue weighted by atomic mass is 10.2. The van der Waals surface area contributed by atoms with Crippen LogP contribution in [0.4, 0.5) is 4.39 Å². The minimum atomic E-state index is -0.593. The van der Waals surface area contributed by atoms with E-state index in [9.17, 15) is 9.18 Å². The van der Waals surface area contributed by atoms with Gasteiger partial charge in [0.2, 0.25) is 0 Å². The average molecular weight is 189 g/mol. The van der Waals surface area contributed by atoms with Crippen molar-refractivity contribution in [2.24, 2.45) is 0 Å². The first-order valence-corrected chi connectivity index (χ1v) is 3.79. The Bertz CT molecular complexity index is 597. The van der Waals surface area contributed by atoms with Crippen molar-refractivity contribution in [3.05, 3.63) is 40.2 Å². The number of nitrogens with zero attached hydrogens (tertiary/aromatic N) is 2. The first kappa shape index (κ1) is 8.38. The molecule has 0 aliphatic heterocycles. The number of nitrogens with one attached hydrogen (secondary N) is 1. The van der Waals surface area contributed by atoms with Crippen molar-refractivity contribution >= 4 is 10.9 Å². The summed E-state index contributed by atoms with van der Waals surface area (Å²) < 4.78 is 13.2. The Balaban J connectivity index is 2.96. The SMILES string of the molecule is N#Cc1cnc2c(=O)[nH]cc(F)c2c1. The molecule has 0 atom stereocenters. The molecule has 0 saturated heterocycles. The molecule has 0 spiro atoms. The van der Waals surface area contributed by atoms with Gasteiger partial charge in [-0.2, -0.15) is 5.26 Å². The molecule has 0 aliphatic carbocycles. The molecular formula is C9H4FN3O. The Morgan fingerprint density at radius 1 is 1.57 bits per heavy atom. The molecule has 0 fully saturated rings. The number of nitriles is 1. The third-order valence-corrected chi connectivity index (χ3v) is 1.82. The minimum Gasteiger partial charge on any atom is -0.324 e. The maximum absolute atomic E-state index is 13.2. The number of aromatic amines is 1. The highest BCUT2D eigenvalue weighted by Gasteiger charge is 2.06. The summed E-state index contributed by atoms with van der Waals surface area (Å²) >= 11 is 0. The Hall–Kier alpha value is -2.22. The molecular weight excluding hydrogens is 185 g/mol. The third-order valence-electron chi connectivity index (χ3n) is 1.82. The summed E-state index contributed by atoms with van der Waals surface area (Å²) in [5, 5.41) is 8.62. The van der Waals surface area contributed by atoms with Crippen LogP contribution in [-0.2, 0) is 0 Å². The van der Waals surface area contributed by atoms with E-state index in [1.165, 1.54) is 12.3 Å². The van der Waals surface area contributed by atoms with Gasteiger partial charge >= 0.3 is 0 Å². The lowest BCUT2D eigenvalue weighted by Gasteiger charge is -1.96. The molecule has 14 heavy (non-hydrogen) atoms. The van der Waals surface area contributed by atoms with E-state index in [2.05, 4.69) is 9.97 Å². The second-order valence-corrected chi connectivity index (χ2v) is 2.70. The van der Waals surface area contributed by atoms with Gasteiger partial charge in [0.05, 0.1) is 5.56 Å². The largest absolute Gasteiger partial charge is 0.324 e. The predicted molar refractivity (Wildman–Crippen MR) is 47.0 cm³/mol. The fourth-order valence-electron chi connectivity index (χ4n) is 1.16. The smallest absolute Gasteiger partial charge is 0.274 e. The molecule has 5 heteroatoms. The van der Waals surface area contributed by atoms with Crippen LogP contribution in [-0.4, -0.2) is 9.97 Å². The van der Waals surface area contributed by atoms with Crippen molar-refractivity contribution in [3.63, 3.8) is 0 Å². The van der Waals surface area contributed by atoms with Gasteiger partial charge in [-0.25, -0.2) is 9.37 Å². The van der Waals surface area contributed by atoms with Gasteiger partial charge < -0.3 is 4.98 Å². The van der Waals surface area contributed by atoms with Crippen molar-refractivity contribution < 1.29 is 4.39 Å². The molecule has 0 saturated carbocycles. The molecule has 2 rings (SSSR count). The number of hydrogen-bond acceptors (Lipinski definition) is 3. The number of aromatic nitrogens is 2. The molecule has 2 aromatic rings. The summed E-state index contributed by atoms with van der Waals surface area (Å²) in [6.07, 6.45) is 2.19. The quantitative estimate of drug-likeness (QED) is 0.670. The maximum Gasteiger partial charge on any atom is 0.274 e. The van der Waals surface area contributed by atoms with E-state index in [1.807, 2.05) is 6.07 Å². The van der Waals surface area contributed by atoms with Gasteiger partial charge in [-0.15, -0.1) is 0 Å². The normalized spacial score (nSPS) is 10.0. The summed E-state index contributed by atoms with van der Waals surface area (Å²) in [5.74, 6) is -0.593. The number of fused-ring (bicyclic) bond motifs is 1. The molecule has 2 aromatic heterocycles. The lowest BCUT2D eigenvalue weighted by molar-refractivity contribution is 0.632. The zero-order valence-corrected chi connectivity index (χ0v) is 6.91. The van der Waals surface area contributed by atoms with E-state index >= 15 is 0 Å². The van der Waals surface area contributed by atoms with Crippen LogP contribution < -0.4 is 5.56 Å². The molecule has 4 nitrogen and oxygen atoms in total. The Kier molecular flexibility index (Phi) is 1.75. The van der Waals surface area contributed by atoms with Gasteiger partial charge in [-0.3, -0.25) is 4.79 Å². The zero-order valence-electron chi connectivity index (χ0n) is 6.91. The average Bonchev–Trinajstić information content (AvgIpc) is 2.23. The van der Waals surface area contributed by atoms with E-state index in [1.54, 1.807) is 0 Å². The Labute approximate surface area is 77.6 Å². The lowest BCUT2D eigenvalue weighted by Crippen LogP contribution is -2.08. The second-order valence-electron chi connectivity index (χ2n) is 2.70. The van der Waals surface area contributed by atoms with Crippen LogP contribution in [0, 0.1) is 17.1 Å². The number of rotatable bonds is 0. The van der Waals surface area contributed by atoms with Crippen molar-refractivity contribution in [2.45, 2.75) is 0 Å². The van der Waals surface area contributed by atoms with Crippen LogP contribution in [0.3, 0.4) is 0 Å². The van der Waals surface area contributed by atoms with Crippen molar-refractivity contribution in [2.75, 3.05) is 0 Å². The molecule has 0 unspecified atom stereocenters. The van der Waals surface area contributed by atoms with E-state index < -0.39 is 11.4 Å². The zero-order chi connectivity index (χ0) is 10.1. The van der Waals surface area contributed by atoms with Crippen molar-refractivity contribution in [1.82, 2.24) is 9.97 Å².